The predicted molar refractivity (Wildman–Crippen MR) is 73.1 cm³/mol. The smallest absolute Gasteiger partial charge is 0.508 e. The van der Waals surface area contributed by atoms with Crippen LogP contribution >= 0.6 is 0 Å². The van der Waals surface area contributed by atoms with Gasteiger partial charge in [-0.3, -0.25) is 10.2 Å². The summed E-state index contributed by atoms with van der Waals surface area (Å²) in [6, 6.07) is 5.67. The Hall–Kier alpha value is -3.50. The van der Waals surface area contributed by atoms with E-state index in [9.17, 15) is 14.9 Å². The van der Waals surface area contributed by atoms with Crippen molar-refractivity contribution in [2.75, 3.05) is 0 Å². The van der Waals surface area contributed by atoms with Crippen molar-refractivity contribution in [2.24, 2.45) is 0 Å². The first-order chi connectivity index (χ1) is 10.5. The molecule has 0 unspecified atom stereocenters. The number of carbonyl (C=O) groups is 1. The maximum absolute atomic E-state index is 11.8. The van der Waals surface area contributed by atoms with Crippen molar-refractivity contribution in [3.05, 3.63) is 45.6 Å². The molecule has 0 bridgehead atoms. The number of carbonyl (C=O) groups excluding carboxylic acids is 1. The average molecular weight is 305 g/mol. The van der Waals surface area contributed by atoms with Crippen LogP contribution in [0.5, 0.6) is 5.75 Å². The molecule has 2 aromatic rings. The van der Waals surface area contributed by atoms with Crippen LogP contribution < -0.4 is 10.9 Å². The summed E-state index contributed by atoms with van der Waals surface area (Å²) in [4.78, 5) is 22.3. The monoisotopic (exact) mass is 305 g/mol. The van der Waals surface area contributed by atoms with E-state index in [1.807, 2.05) is 0 Å². The lowest BCUT2D eigenvalue weighted by atomic mass is 10.2. The highest BCUT2D eigenvalue weighted by molar-refractivity contribution is 5.94. The van der Waals surface area contributed by atoms with Gasteiger partial charge in [-0.2, -0.15) is 0 Å². The largest absolute Gasteiger partial charge is 0.515 e. The Balaban J connectivity index is 1.95. The number of amides is 1. The van der Waals surface area contributed by atoms with E-state index in [1.165, 1.54) is 30.5 Å². The minimum Gasteiger partial charge on any atom is -0.508 e. The zero-order chi connectivity index (χ0) is 16.1. The van der Waals surface area contributed by atoms with E-state index >= 15 is 0 Å². The second-order valence-corrected chi connectivity index (χ2v) is 4.11. The molecule has 22 heavy (non-hydrogen) atoms. The number of hydrogen-bond acceptors (Lipinski definition) is 8. The third-order valence-corrected chi connectivity index (χ3v) is 2.39. The molecule has 114 valence electrons. The molecule has 2 rings (SSSR count). The molecule has 0 spiro atoms. The maximum Gasteiger partial charge on any atom is 0.515 e. The van der Waals surface area contributed by atoms with Crippen LogP contribution in [0, 0.1) is 10.1 Å². The van der Waals surface area contributed by atoms with Crippen LogP contribution in [0.15, 0.2) is 30.0 Å². The number of aromatic nitrogens is 4. The minimum atomic E-state index is -0.771. The SMILES string of the molecule is C/C(=C\n1nnc([N+](=O)[O-])n1)NNC(=O)c1ccc(O)cc1. The number of phenolic OH excluding ortho intramolecular Hbond substituents is 1. The van der Waals surface area contributed by atoms with Crippen molar-refractivity contribution in [2.45, 2.75) is 6.92 Å². The van der Waals surface area contributed by atoms with Gasteiger partial charge in [-0.1, -0.05) is 4.80 Å². The average Bonchev–Trinajstić information content (AvgIpc) is 2.94. The van der Waals surface area contributed by atoms with Gasteiger partial charge in [0.05, 0.1) is 21.6 Å². The van der Waals surface area contributed by atoms with Gasteiger partial charge < -0.3 is 20.6 Å². The standard InChI is InChI=1S/C11H11N7O4/c1-7(6-17-15-11(14-16-17)18(21)22)12-13-10(20)8-2-4-9(19)5-3-8/h2-6,12,19H,1H3,(H,13,20)/b7-6+. The Bertz CT molecular complexity index is 722. The summed E-state index contributed by atoms with van der Waals surface area (Å²) in [5, 5.41) is 29.7. The number of hydrazine groups is 1. The van der Waals surface area contributed by atoms with Crippen molar-refractivity contribution in [3.8, 4) is 5.75 Å². The predicted octanol–water partition coefficient (Wildman–Crippen LogP) is 0.0398. The number of benzene rings is 1. The lowest BCUT2D eigenvalue weighted by Crippen LogP contribution is -2.36. The number of tetrazole rings is 1. The van der Waals surface area contributed by atoms with Crippen LogP contribution in [0.2, 0.25) is 0 Å². The van der Waals surface area contributed by atoms with Gasteiger partial charge in [0.1, 0.15) is 5.75 Å². The first-order valence-electron chi connectivity index (χ1n) is 5.93. The van der Waals surface area contributed by atoms with E-state index in [-0.39, 0.29) is 5.75 Å². The van der Waals surface area contributed by atoms with Crippen LogP contribution in [0.25, 0.3) is 6.20 Å². The molecule has 0 aliphatic rings. The first-order valence-corrected chi connectivity index (χ1v) is 5.93. The minimum absolute atomic E-state index is 0.0550. The quantitative estimate of drug-likeness (QED) is 0.518. The van der Waals surface area contributed by atoms with Gasteiger partial charge in [0.15, 0.2) is 0 Å². The van der Waals surface area contributed by atoms with Crippen LogP contribution in [-0.2, 0) is 0 Å². The number of rotatable bonds is 5. The van der Waals surface area contributed by atoms with E-state index in [2.05, 4.69) is 26.3 Å². The van der Waals surface area contributed by atoms with E-state index in [1.54, 1.807) is 6.92 Å². The van der Waals surface area contributed by atoms with Crippen molar-refractivity contribution < 1.29 is 14.8 Å². The normalized spacial score (nSPS) is 11.0. The highest BCUT2D eigenvalue weighted by Crippen LogP contribution is 2.09. The zero-order valence-electron chi connectivity index (χ0n) is 11.3. The molecule has 0 saturated heterocycles. The first kappa shape index (κ1) is 14.9. The van der Waals surface area contributed by atoms with Crippen LogP contribution in [0.1, 0.15) is 17.3 Å². The van der Waals surface area contributed by atoms with Gasteiger partial charge in [-0.25, -0.2) is 0 Å². The molecule has 0 saturated carbocycles. The molecule has 0 aliphatic heterocycles. The molecule has 1 amide bonds. The number of phenols is 1. The molecular weight excluding hydrogens is 294 g/mol. The number of nitrogens with one attached hydrogen (secondary N) is 2. The van der Waals surface area contributed by atoms with Crippen molar-refractivity contribution in [3.63, 3.8) is 0 Å². The van der Waals surface area contributed by atoms with Gasteiger partial charge in [0.25, 0.3) is 5.91 Å². The molecule has 1 aromatic carbocycles. The molecule has 11 heteroatoms. The summed E-state index contributed by atoms with van der Waals surface area (Å²) in [5.41, 5.74) is 5.75. The number of hydrogen-bond donors (Lipinski definition) is 3. The van der Waals surface area contributed by atoms with Crippen molar-refractivity contribution in [1.82, 2.24) is 31.1 Å². The summed E-state index contributed by atoms with van der Waals surface area (Å²) in [6.07, 6.45) is 1.30. The fourth-order valence-electron chi connectivity index (χ4n) is 1.39. The van der Waals surface area contributed by atoms with Gasteiger partial charge in [-0.05, 0) is 36.1 Å². The molecule has 0 aliphatic carbocycles. The highest BCUT2D eigenvalue weighted by Gasteiger charge is 2.14. The Morgan fingerprint density at radius 2 is 2.05 bits per heavy atom. The summed E-state index contributed by atoms with van der Waals surface area (Å²) >= 11 is 0. The topological polar surface area (TPSA) is 148 Å². The number of nitro groups is 1. The molecule has 1 aromatic heterocycles. The molecule has 11 nitrogen and oxygen atoms in total. The van der Waals surface area contributed by atoms with E-state index < -0.39 is 16.8 Å². The Labute approximate surface area is 123 Å². The Morgan fingerprint density at radius 3 is 2.64 bits per heavy atom. The fourth-order valence-corrected chi connectivity index (χ4v) is 1.39. The third kappa shape index (κ3) is 3.75. The molecule has 0 atom stereocenters. The lowest BCUT2D eigenvalue weighted by molar-refractivity contribution is -0.394. The van der Waals surface area contributed by atoms with Crippen LogP contribution in [-0.4, -0.2) is 36.1 Å². The summed E-state index contributed by atoms with van der Waals surface area (Å²) < 4.78 is 0. The second kappa shape index (κ2) is 6.30. The maximum atomic E-state index is 11.8. The highest BCUT2D eigenvalue weighted by atomic mass is 16.6. The van der Waals surface area contributed by atoms with Gasteiger partial charge in [0.2, 0.25) is 0 Å². The molecule has 3 N–H and O–H groups in total. The fraction of sp³-hybridized carbons (Fsp3) is 0.0909. The summed E-state index contributed by atoms with van der Waals surface area (Å²) in [6.45, 7) is 1.59. The third-order valence-electron chi connectivity index (χ3n) is 2.39. The molecular formula is C11H11N7O4. The molecule has 0 radical (unpaired) electrons. The Morgan fingerprint density at radius 1 is 1.36 bits per heavy atom. The number of allylic oxidation sites excluding steroid dienone is 1. The lowest BCUT2D eigenvalue weighted by Gasteiger charge is -2.07. The van der Waals surface area contributed by atoms with Gasteiger partial charge in [-0.15, -0.1) is 0 Å². The van der Waals surface area contributed by atoms with Crippen LogP contribution in [0.3, 0.4) is 0 Å². The molecule has 0 fully saturated rings. The zero-order valence-corrected chi connectivity index (χ0v) is 11.3. The van der Waals surface area contributed by atoms with E-state index in [0.717, 1.165) is 4.80 Å². The number of nitrogens with zero attached hydrogens (tertiary/aromatic N) is 5. The van der Waals surface area contributed by atoms with E-state index in [4.69, 9.17) is 5.11 Å². The van der Waals surface area contributed by atoms with Crippen molar-refractivity contribution >= 4 is 18.1 Å². The summed E-state index contributed by atoms with van der Waals surface area (Å²) in [7, 11) is 0. The second-order valence-electron chi connectivity index (χ2n) is 4.11. The van der Waals surface area contributed by atoms with E-state index in [0.29, 0.717) is 11.3 Å². The van der Waals surface area contributed by atoms with Gasteiger partial charge in [0, 0.05) is 11.3 Å². The summed E-state index contributed by atoms with van der Waals surface area (Å²) in [5.74, 6) is -0.998. The molecule has 1 heterocycles. The number of aromatic hydroxyl groups is 1. The Kier molecular flexibility index (Phi) is 4.27. The van der Waals surface area contributed by atoms with Gasteiger partial charge >= 0.3 is 5.95 Å². The van der Waals surface area contributed by atoms with Crippen LogP contribution in [0.4, 0.5) is 5.95 Å². The van der Waals surface area contributed by atoms with Crippen molar-refractivity contribution in [1.29, 1.82) is 0 Å².